The van der Waals surface area contributed by atoms with Crippen LogP contribution >= 0.6 is 35.3 Å². The predicted octanol–water partition coefficient (Wildman–Crippen LogP) is 3.40. The molecule has 2 heterocycles. The first-order chi connectivity index (χ1) is 11.3. The molecular formula is C17H30IN5S. The van der Waals surface area contributed by atoms with Gasteiger partial charge in [-0.2, -0.15) is 0 Å². The van der Waals surface area contributed by atoms with Crippen LogP contribution in [0, 0.1) is 0 Å². The van der Waals surface area contributed by atoms with Gasteiger partial charge in [-0.25, -0.2) is 4.98 Å². The SMILES string of the molecule is CN=C(NCCc1csc(N2CCCC2)n1)NC1CCCCC1.I. The number of hydrogen-bond donors (Lipinski definition) is 2. The lowest BCUT2D eigenvalue weighted by molar-refractivity contribution is 0.410. The molecule has 3 rings (SSSR count). The summed E-state index contributed by atoms with van der Waals surface area (Å²) in [5.41, 5.74) is 1.19. The van der Waals surface area contributed by atoms with E-state index in [1.807, 2.05) is 7.05 Å². The highest BCUT2D eigenvalue weighted by molar-refractivity contribution is 14.0. The van der Waals surface area contributed by atoms with Crippen LogP contribution in [-0.4, -0.2) is 43.7 Å². The molecule has 0 radical (unpaired) electrons. The van der Waals surface area contributed by atoms with Crippen molar-refractivity contribution in [1.29, 1.82) is 0 Å². The van der Waals surface area contributed by atoms with E-state index in [2.05, 4.69) is 25.9 Å². The molecule has 136 valence electrons. The van der Waals surface area contributed by atoms with Gasteiger partial charge in [-0.1, -0.05) is 19.3 Å². The molecule has 0 aromatic carbocycles. The molecule has 24 heavy (non-hydrogen) atoms. The lowest BCUT2D eigenvalue weighted by Crippen LogP contribution is -2.44. The van der Waals surface area contributed by atoms with Crippen molar-refractivity contribution in [1.82, 2.24) is 15.6 Å². The topological polar surface area (TPSA) is 52.6 Å². The molecule has 7 heteroatoms. The van der Waals surface area contributed by atoms with Crippen molar-refractivity contribution in [3.05, 3.63) is 11.1 Å². The first-order valence-electron chi connectivity index (χ1n) is 9.01. The Balaban J connectivity index is 0.00000208. The molecule has 0 amide bonds. The Morgan fingerprint density at radius 1 is 1.25 bits per heavy atom. The van der Waals surface area contributed by atoms with E-state index in [1.165, 1.54) is 68.9 Å². The van der Waals surface area contributed by atoms with Gasteiger partial charge in [0.05, 0.1) is 5.69 Å². The largest absolute Gasteiger partial charge is 0.356 e. The summed E-state index contributed by atoms with van der Waals surface area (Å²) in [6, 6.07) is 0.594. The summed E-state index contributed by atoms with van der Waals surface area (Å²) in [4.78, 5) is 11.5. The maximum absolute atomic E-state index is 4.77. The van der Waals surface area contributed by atoms with Crippen LogP contribution < -0.4 is 15.5 Å². The minimum Gasteiger partial charge on any atom is -0.356 e. The molecule has 1 aliphatic heterocycles. The molecule has 1 saturated heterocycles. The van der Waals surface area contributed by atoms with E-state index < -0.39 is 0 Å². The maximum atomic E-state index is 4.77. The Labute approximate surface area is 166 Å². The Kier molecular flexibility index (Phi) is 8.58. The standard InChI is InChI=1S/C17H29N5S.HI/c1-18-16(20-14-7-3-2-4-8-14)19-10-9-15-13-23-17(21-15)22-11-5-6-12-22;/h13-14H,2-12H2,1H3,(H2,18,19,20);1H. The normalized spacial score (nSPS) is 19.2. The summed E-state index contributed by atoms with van der Waals surface area (Å²) in [6.07, 6.45) is 10.2. The second-order valence-electron chi connectivity index (χ2n) is 6.54. The third-order valence-corrected chi connectivity index (χ3v) is 5.71. The minimum absolute atomic E-state index is 0. The van der Waals surface area contributed by atoms with Gasteiger partial charge in [0, 0.05) is 44.5 Å². The first kappa shape index (κ1) is 19.8. The highest BCUT2D eigenvalue weighted by Gasteiger charge is 2.16. The summed E-state index contributed by atoms with van der Waals surface area (Å²) in [5, 5.41) is 10.4. The van der Waals surface area contributed by atoms with E-state index >= 15 is 0 Å². The van der Waals surface area contributed by atoms with Crippen LogP contribution in [0.25, 0.3) is 0 Å². The Hall–Kier alpha value is -0.570. The molecule has 0 spiro atoms. The van der Waals surface area contributed by atoms with Gasteiger partial charge in [0.25, 0.3) is 0 Å². The number of rotatable bonds is 5. The third-order valence-electron chi connectivity index (χ3n) is 4.76. The fourth-order valence-electron chi connectivity index (χ4n) is 3.41. The van der Waals surface area contributed by atoms with Crippen molar-refractivity contribution in [2.24, 2.45) is 4.99 Å². The molecule has 1 aliphatic carbocycles. The monoisotopic (exact) mass is 463 g/mol. The quantitative estimate of drug-likeness (QED) is 0.399. The molecule has 2 aliphatic rings. The van der Waals surface area contributed by atoms with Crippen LogP contribution in [0.3, 0.4) is 0 Å². The number of anilines is 1. The molecule has 1 aromatic heterocycles. The average Bonchev–Trinajstić information content (AvgIpc) is 3.26. The van der Waals surface area contributed by atoms with Crippen molar-refractivity contribution in [2.45, 2.75) is 57.4 Å². The Bertz CT molecular complexity index is 507. The average molecular weight is 463 g/mol. The molecule has 1 aromatic rings. The summed E-state index contributed by atoms with van der Waals surface area (Å²) >= 11 is 1.78. The van der Waals surface area contributed by atoms with E-state index in [1.54, 1.807) is 11.3 Å². The summed E-state index contributed by atoms with van der Waals surface area (Å²) in [6.45, 7) is 3.22. The first-order valence-corrected chi connectivity index (χ1v) is 9.89. The highest BCUT2D eigenvalue weighted by Crippen LogP contribution is 2.24. The van der Waals surface area contributed by atoms with Crippen LogP contribution in [0.2, 0.25) is 0 Å². The molecule has 0 bridgehead atoms. The number of aromatic nitrogens is 1. The number of halogens is 1. The smallest absolute Gasteiger partial charge is 0.191 e. The van der Waals surface area contributed by atoms with Crippen LogP contribution in [0.4, 0.5) is 5.13 Å². The van der Waals surface area contributed by atoms with Crippen molar-refractivity contribution < 1.29 is 0 Å². The van der Waals surface area contributed by atoms with Gasteiger partial charge < -0.3 is 15.5 Å². The number of hydrogen-bond acceptors (Lipinski definition) is 4. The van der Waals surface area contributed by atoms with E-state index in [4.69, 9.17) is 4.98 Å². The van der Waals surface area contributed by atoms with Gasteiger partial charge in [0.2, 0.25) is 0 Å². The Morgan fingerprint density at radius 2 is 2.00 bits per heavy atom. The number of aliphatic imine (C=N–C) groups is 1. The van der Waals surface area contributed by atoms with E-state index in [0.29, 0.717) is 6.04 Å². The van der Waals surface area contributed by atoms with Crippen LogP contribution in [0.15, 0.2) is 10.4 Å². The number of guanidine groups is 1. The zero-order valence-electron chi connectivity index (χ0n) is 14.6. The van der Waals surface area contributed by atoms with Gasteiger partial charge in [0.1, 0.15) is 0 Å². The number of nitrogens with zero attached hydrogens (tertiary/aromatic N) is 3. The molecule has 0 unspecified atom stereocenters. The van der Waals surface area contributed by atoms with Gasteiger partial charge in [-0.15, -0.1) is 35.3 Å². The third kappa shape index (κ3) is 5.75. The van der Waals surface area contributed by atoms with E-state index in [9.17, 15) is 0 Å². The lowest BCUT2D eigenvalue weighted by atomic mass is 9.96. The van der Waals surface area contributed by atoms with Gasteiger partial charge in [-0.3, -0.25) is 4.99 Å². The number of nitrogens with one attached hydrogen (secondary N) is 2. The summed E-state index contributed by atoms with van der Waals surface area (Å²) in [7, 11) is 1.85. The second kappa shape index (κ2) is 10.4. The van der Waals surface area contributed by atoms with E-state index in [-0.39, 0.29) is 24.0 Å². The van der Waals surface area contributed by atoms with Gasteiger partial charge >= 0.3 is 0 Å². The van der Waals surface area contributed by atoms with Crippen molar-refractivity contribution in [3.8, 4) is 0 Å². The van der Waals surface area contributed by atoms with Crippen molar-refractivity contribution in [3.63, 3.8) is 0 Å². The molecule has 5 nitrogen and oxygen atoms in total. The minimum atomic E-state index is 0. The fourth-order valence-corrected chi connectivity index (χ4v) is 4.32. The van der Waals surface area contributed by atoms with Crippen LogP contribution in [0.1, 0.15) is 50.6 Å². The summed E-state index contributed by atoms with van der Waals surface area (Å²) in [5.74, 6) is 0.937. The van der Waals surface area contributed by atoms with Crippen LogP contribution in [-0.2, 0) is 6.42 Å². The predicted molar refractivity (Wildman–Crippen MR) is 114 cm³/mol. The fraction of sp³-hybridized carbons (Fsp3) is 0.765. The molecular weight excluding hydrogens is 433 g/mol. The van der Waals surface area contributed by atoms with Crippen molar-refractivity contribution >= 4 is 46.4 Å². The Morgan fingerprint density at radius 3 is 2.71 bits per heavy atom. The maximum Gasteiger partial charge on any atom is 0.191 e. The highest BCUT2D eigenvalue weighted by atomic mass is 127. The van der Waals surface area contributed by atoms with E-state index in [0.717, 1.165) is 18.9 Å². The molecule has 1 saturated carbocycles. The van der Waals surface area contributed by atoms with Crippen LogP contribution in [0.5, 0.6) is 0 Å². The second-order valence-corrected chi connectivity index (χ2v) is 7.38. The zero-order chi connectivity index (χ0) is 15.9. The molecule has 2 fully saturated rings. The molecule has 2 N–H and O–H groups in total. The van der Waals surface area contributed by atoms with Gasteiger partial charge in [-0.05, 0) is 25.7 Å². The number of thiazole rings is 1. The van der Waals surface area contributed by atoms with Crippen molar-refractivity contribution in [2.75, 3.05) is 31.6 Å². The summed E-state index contributed by atoms with van der Waals surface area (Å²) < 4.78 is 0. The molecule has 0 atom stereocenters. The van der Waals surface area contributed by atoms with Gasteiger partial charge in [0.15, 0.2) is 11.1 Å². The lowest BCUT2D eigenvalue weighted by Gasteiger charge is -2.24. The zero-order valence-corrected chi connectivity index (χ0v) is 17.7.